The second kappa shape index (κ2) is 4.76. The monoisotopic (exact) mass is 289 g/mol. The molecule has 2 amide bonds. The van der Waals surface area contributed by atoms with E-state index in [0.717, 1.165) is 15.8 Å². The van der Waals surface area contributed by atoms with E-state index in [1.807, 2.05) is 0 Å². The fraction of sp³-hybridized carbons (Fsp3) is 0.286. The lowest BCUT2D eigenvalue weighted by Crippen LogP contribution is -2.53. The molecule has 1 aliphatic heterocycles. The summed E-state index contributed by atoms with van der Waals surface area (Å²) in [5.74, 6) is -1.51. The Balaban J connectivity index is 2.33. The summed E-state index contributed by atoms with van der Waals surface area (Å²) in [5.41, 5.74) is -0.551. The molecule has 108 valence electrons. The Morgan fingerprint density at radius 1 is 1.14 bits per heavy atom. The van der Waals surface area contributed by atoms with Crippen LogP contribution in [0.2, 0.25) is 0 Å². The zero-order chi connectivity index (χ0) is 15.1. The molecule has 1 aromatic carbocycles. The Bertz CT molecular complexity index is 812. The molecular formula is C14H12FN3O3. The Labute approximate surface area is 118 Å². The third-order valence-electron chi connectivity index (χ3n) is 3.44. The summed E-state index contributed by atoms with van der Waals surface area (Å²) in [7, 11) is 0. The molecule has 0 unspecified atom stereocenters. The molecule has 2 aromatic rings. The number of aryl methyl sites for hydroxylation is 1. The van der Waals surface area contributed by atoms with Crippen LogP contribution < -0.4 is 10.6 Å². The maximum absolute atomic E-state index is 13.9. The molecule has 0 radical (unpaired) electrons. The molecule has 0 saturated carbocycles. The van der Waals surface area contributed by atoms with Gasteiger partial charge in [0.1, 0.15) is 17.0 Å². The van der Waals surface area contributed by atoms with Crippen molar-refractivity contribution in [1.82, 2.24) is 9.66 Å². The molecule has 21 heavy (non-hydrogen) atoms. The van der Waals surface area contributed by atoms with Gasteiger partial charge in [-0.25, -0.2) is 9.37 Å². The van der Waals surface area contributed by atoms with Gasteiger partial charge in [0.2, 0.25) is 11.8 Å². The summed E-state index contributed by atoms with van der Waals surface area (Å²) in [4.78, 5) is 40.5. The van der Waals surface area contributed by atoms with Gasteiger partial charge in [0.15, 0.2) is 0 Å². The van der Waals surface area contributed by atoms with Crippen LogP contribution in [-0.2, 0) is 9.59 Å². The van der Waals surface area contributed by atoms with E-state index in [1.165, 1.54) is 19.1 Å². The minimum Gasteiger partial charge on any atom is -0.273 e. The lowest BCUT2D eigenvalue weighted by molar-refractivity contribution is -0.131. The standard InChI is InChI=1S/C14H12FN3O3/c1-8-16-10-5-2-4-9(15)13(10)14(21)17(8)18-11(19)6-3-7-12(18)20/h2,4-5H,3,6-7H2,1H3. The van der Waals surface area contributed by atoms with E-state index in [2.05, 4.69) is 4.98 Å². The molecule has 6 nitrogen and oxygen atoms in total. The third-order valence-corrected chi connectivity index (χ3v) is 3.44. The first kappa shape index (κ1) is 13.4. The summed E-state index contributed by atoms with van der Waals surface area (Å²) >= 11 is 0. The number of piperidine rings is 1. The SMILES string of the molecule is Cc1nc2cccc(F)c2c(=O)n1N1C(=O)CCCC1=O. The van der Waals surface area contributed by atoms with Crippen molar-refractivity contribution in [3.05, 3.63) is 40.2 Å². The molecular weight excluding hydrogens is 277 g/mol. The summed E-state index contributed by atoms with van der Waals surface area (Å²) in [6, 6.07) is 4.10. The lowest BCUT2D eigenvalue weighted by Gasteiger charge is -2.27. The topological polar surface area (TPSA) is 72.3 Å². The Hall–Kier alpha value is -2.57. The largest absolute Gasteiger partial charge is 0.283 e. The van der Waals surface area contributed by atoms with Gasteiger partial charge in [-0.1, -0.05) is 6.07 Å². The number of fused-ring (bicyclic) bond motifs is 1. The second-order valence-electron chi connectivity index (χ2n) is 4.86. The summed E-state index contributed by atoms with van der Waals surface area (Å²) < 4.78 is 14.7. The molecule has 1 aliphatic rings. The zero-order valence-electron chi connectivity index (χ0n) is 11.3. The highest BCUT2D eigenvalue weighted by atomic mass is 19.1. The van der Waals surface area contributed by atoms with E-state index < -0.39 is 23.2 Å². The van der Waals surface area contributed by atoms with Crippen molar-refractivity contribution in [1.29, 1.82) is 0 Å². The van der Waals surface area contributed by atoms with Crippen molar-refractivity contribution in [3.63, 3.8) is 0 Å². The van der Waals surface area contributed by atoms with Crippen LogP contribution in [0.1, 0.15) is 25.1 Å². The number of nitrogens with zero attached hydrogens (tertiary/aromatic N) is 3. The normalized spacial score (nSPS) is 15.8. The highest BCUT2D eigenvalue weighted by Crippen LogP contribution is 2.15. The first-order chi connectivity index (χ1) is 10.0. The molecule has 1 aromatic heterocycles. The second-order valence-corrected chi connectivity index (χ2v) is 4.86. The van der Waals surface area contributed by atoms with Crippen molar-refractivity contribution < 1.29 is 14.0 Å². The van der Waals surface area contributed by atoms with E-state index in [-0.39, 0.29) is 29.6 Å². The molecule has 0 atom stereocenters. The maximum atomic E-state index is 13.9. The van der Waals surface area contributed by atoms with Crippen LogP contribution in [-0.4, -0.2) is 21.5 Å². The summed E-state index contributed by atoms with van der Waals surface area (Å²) in [6.07, 6.45) is 0.803. The van der Waals surface area contributed by atoms with Gasteiger partial charge in [0.25, 0.3) is 5.56 Å². The summed E-state index contributed by atoms with van der Waals surface area (Å²) in [5, 5.41) is 0.550. The predicted molar refractivity (Wildman–Crippen MR) is 72.8 cm³/mol. The van der Waals surface area contributed by atoms with Crippen molar-refractivity contribution in [2.45, 2.75) is 26.2 Å². The number of benzene rings is 1. The van der Waals surface area contributed by atoms with Gasteiger partial charge >= 0.3 is 0 Å². The number of carbonyl (C=O) groups excluding carboxylic acids is 2. The summed E-state index contributed by atoms with van der Waals surface area (Å²) in [6.45, 7) is 1.50. The van der Waals surface area contributed by atoms with Crippen LogP contribution in [0.3, 0.4) is 0 Å². The molecule has 0 N–H and O–H groups in total. The molecule has 0 aliphatic carbocycles. The average molecular weight is 289 g/mol. The average Bonchev–Trinajstić information content (AvgIpc) is 2.41. The predicted octanol–water partition coefficient (Wildman–Crippen LogP) is 1.02. The Morgan fingerprint density at radius 2 is 1.81 bits per heavy atom. The lowest BCUT2D eigenvalue weighted by atomic mass is 10.1. The number of amides is 2. The Kier molecular flexibility index (Phi) is 3.04. The smallest absolute Gasteiger partial charge is 0.273 e. The number of hydrogen-bond donors (Lipinski definition) is 0. The van der Waals surface area contributed by atoms with Gasteiger partial charge in [-0.05, 0) is 25.5 Å². The van der Waals surface area contributed by atoms with Crippen LogP contribution >= 0.6 is 0 Å². The van der Waals surface area contributed by atoms with Gasteiger partial charge in [-0.2, -0.15) is 9.69 Å². The van der Waals surface area contributed by atoms with Crippen LogP contribution in [0.15, 0.2) is 23.0 Å². The van der Waals surface area contributed by atoms with E-state index in [0.29, 0.717) is 6.42 Å². The highest BCUT2D eigenvalue weighted by molar-refractivity contribution is 6.10. The zero-order valence-corrected chi connectivity index (χ0v) is 11.3. The van der Waals surface area contributed by atoms with E-state index in [1.54, 1.807) is 0 Å². The molecule has 0 spiro atoms. The Morgan fingerprint density at radius 3 is 2.48 bits per heavy atom. The molecule has 1 saturated heterocycles. The van der Waals surface area contributed by atoms with Crippen LogP contribution in [0.4, 0.5) is 4.39 Å². The number of imide groups is 1. The molecule has 2 heterocycles. The minimum atomic E-state index is -0.751. The van der Waals surface area contributed by atoms with Gasteiger partial charge in [0, 0.05) is 12.8 Å². The quantitative estimate of drug-likeness (QED) is 0.735. The first-order valence-corrected chi connectivity index (χ1v) is 6.54. The number of halogens is 1. The number of rotatable bonds is 1. The van der Waals surface area contributed by atoms with E-state index in [4.69, 9.17) is 0 Å². The van der Waals surface area contributed by atoms with Crippen molar-refractivity contribution in [3.8, 4) is 0 Å². The van der Waals surface area contributed by atoms with Crippen LogP contribution in [0, 0.1) is 12.7 Å². The number of aromatic nitrogens is 2. The van der Waals surface area contributed by atoms with Crippen molar-refractivity contribution >= 4 is 22.7 Å². The van der Waals surface area contributed by atoms with Crippen molar-refractivity contribution in [2.75, 3.05) is 5.01 Å². The molecule has 3 rings (SSSR count). The first-order valence-electron chi connectivity index (χ1n) is 6.54. The molecule has 0 bridgehead atoms. The molecule has 7 heteroatoms. The third kappa shape index (κ3) is 2.01. The van der Waals surface area contributed by atoms with Gasteiger partial charge in [-0.15, -0.1) is 0 Å². The number of carbonyl (C=O) groups is 2. The fourth-order valence-electron chi connectivity index (χ4n) is 2.49. The van der Waals surface area contributed by atoms with Crippen LogP contribution in [0.25, 0.3) is 10.9 Å². The van der Waals surface area contributed by atoms with Gasteiger partial charge in [-0.3, -0.25) is 14.4 Å². The van der Waals surface area contributed by atoms with E-state index in [9.17, 15) is 18.8 Å². The minimum absolute atomic E-state index is 0.168. The van der Waals surface area contributed by atoms with E-state index >= 15 is 0 Å². The maximum Gasteiger partial charge on any atom is 0.283 e. The highest BCUT2D eigenvalue weighted by Gasteiger charge is 2.30. The molecule has 1 fully saturated rings. The van der Waals surface area contributed by atoms with Crippen molar-refractivity contribution in [2.24, 2.45) is 0 Å². The number of hydrogen-bond acceptors (Lipinski definition) is 4. The fourth-order valence-corrected chi connectivity index (χ4v) is 2.49. The van der Waals surface area contributed by atoms with Crippen LogP contribution in [0.5, 0.6) is 0 Å². The van der Waals surface area contributed by atoms with Gasteiger partial charge < -0.3 is 0 Å². The van der Waals surface area contributed by atoms with Gasteiger partial charge in [0.05, 0.1) is 5.52 Å².